The van der Waals surface area contributed by atoms with Crippen molar-refractivity contribution < 1.29 is 4.79 Å². The van der Waals surface area contributed by atoms with Crippen LogP contribution in [0.2, 0.25) is 0 Å². The monoisotopic (exact) mass is 338 g/mol. The van der Waals surface area contributed by atoms with Gasteiger partial charge in [-0.3, -0.25) is 4.79 Å². The molecule has 1 aromatic rings. The summed E-state index contributed by atoms with van der Waals surface area (Å²) in [5, 5.41) is 3.14. The third-order valence-corrected chi connectivity index (χ3v) is 5.02. The first-order valence-corrected chi connectivity index (χ1v) is 8.58. The topological polar surface area (TPSA) is 34.0 Å². The van der Waals surface area contributed by atoms with Crippen LogP contribution in [0.25, 0.3) is 0 Å². The van der Waals surface area contributed by atoms with E-state index in [9.17, 15) is 4.79 Å². The van der Waals surface area contributed by atoms with Crippen molar-refractivity contribution in [3.63, 3.8) is 0 Å². The van der Waals surface area contributed by atoms with Crippen molar-refractivity contribution in [2.24, 2.45) is 11.8 Å². The summed E-state index contributed by atoms with van der Waals surface area (Å²) in [6, 6.07) is 2.48. The predicted molar refractivity (Wildman–Crippen MR) is 83.9 cm³/mol. The lowest BCUT2D eigenvalue weighted by atomic mass is 9.82. The normalized spacial score (nSPS) is 26.5. The highest BCUT2D eigenvalue weighted by Crippen LogP contribution is 2.37. The van der Waals surface area contributed by atoms with Crippen LogP contribution in [-0.4, -0.2) is 17.0 Å². The number of nitrogens with one attached hydrogen (secondary N) is 1. The quantitative estimate of drug-likeness (QED) is 0.879. The molecular weight excluding hydrogens is 316 g/mol. The molecule has 0 bridgehead atoms. The van der Waals surface area contributed by atoms with Crippen molar-refractivity contribution in [1.29, 1.82) is 0 Å². The largest absolute Gasteiger partial charge is 0.350 e. The van der Waals surface area contributed by atoms with E-state index in [-0.39, 0.29) is 5.91 Å². The van der Waals surface area contributed by atoms with Crippen LogP contribution >= 0.6 is 15.9 Å². The molecule has 20 heavy (non-hydrogen) atoms. The third kappa shape index (κ3) is 3.27. The van der Waals surface area contributed by atoms with Gasteiger partial charge in [-0.05, 0) is 59.5 Å². The SMILES string of the molecule is CC1CCCC(CNC(=O)c2cc(Br)cn2C2CC2)C1. The van der Waals surface area contributed by atoms with Gasteiger partial charge in [-0.2, -0.15) is 0 Å². The molecule has 1 heterocycles. The second-order valence-electron chi connectivity index (χ2n) is 6.53. The summed E-state index contributed by atoms with van der Waals surface area (Å²) in [4.78, 5) is 12.4. The second-order valence-corrected chi connectivity index (χ2v) is 7.45. The van der Waals surface area contributed by atoms with Gasteiger partial charge in [0.05, 0.1) is 0 Å². The van der Waals surface area contributed by atoms with Crippen LogP contribution < -0.4 is 5.32 Å². The average Bonchev–Trinajstić information content (AvgIpc) is 3.19. The van der Waals surface area contributed by atoms with Gasteiger partial charge in [0, 0.05) is 23.3 Å². The Balaban J connectivity index is 1.59. The Bertz CT molecular complexity index is 493. The van der Waals surface area contributed by atoms with Crippen LogP contribution in [0.4, 0.5) is 0 Å². The van der Waals surface area contributed by atoms with E-state index in [1.807, 2.05) is 12.3 Å². The van der Waals surface area contributed by atoms with Gasteiger partial charge in [-0.1, -0.05) is 19.8 Å². The first-order chi connectivity index (χ1) is 9.63. The van der Waals surface area contributed by atoms with E-state index in [4.69, 9.17) is 0 Å². The molecule has 1 amide bonds. The van der Waals surface area contributed by atoms with Crippen molar-refractivity contribution >= 4 is 21.8 Å². The molecule has 2 atom stereocenters. The van der Waals surface area contributed by atoms with Gasteiger partial charge in [0.2, 0.25) is 0 Å². The lowest BCUT2D eigenvalue weighted by Crippen LogP contribution is -2.32. The predicted octanol–water partition coefficient (Wildman–Crippen LogP) is 4.14. The van der Waals surface area contributed by atoms with Crippen molar-refractivity contribution in [2.45, 2.75) is 51.5 Å². The summed E-state index contributed by atoms with van der Waals surface area (Å²) in [5.74, 6) is 1.56. The molecule has 2 aliphatic carbocycles. The molecule has 0 spiro atoms. The number of aromatic nitrogens is 1. The van der Waals surface area contributed by atoms with Crippen LogP contribution in [0.15, 0.2) is 16.7 Å². The number of nitrogens with zero attached hydrogens (tertiary/aromatic N) is 1. The van der Waals surface area contributed by atoms with Crippen molar-refractivity contribution in [3.05, 3.63) is 22.4 Å². The fraction of sp³-hybridized carbons (Fsp3) is 0.688. The van der Waals surface area contributed by atoms with E-state index in [0.29, 0.717) is 12.0 Å². The number of rotatable bonds is 4. The molecular formula is C16H23BrN2O. The summed E-state index contributed by atoms with van der Waals surface area (Å²) in [6.45, 7) is 3.15. The molecule has 0 radical (unpaired) electrons. The molecule has 2 fully saturated rings. The van der Waals surface area contributed by atoms with Gasteiger partial charge in [-0.15, -0.1) is 0 Å². The van der Waals surface area contributed by atoms with Crippen molar-refractivity contribution in [3.8, 4) is 0 Å². The number of hydrogen-bond donors (Lipinski definition) is 1. The Kier molecular flexibility index (Phi) is 4.20. The van der Waals surface area contributed by atoms with E-state index < -0.39 is 0 Å². The van der Waals surface area contributed by atoms with Crippen LogP contribution in [0, 0.1) is 11.8 Å². The molecule has 3 rings (SSSR count). The number of halogens is 1. The molecule has 1 aromatic heterocycles. The van der Waals surface area contributed by atoms with E-state index in [1.54, 1.807) is 0 Å². The lowest BCUT2D eigenvalue weighted by molar-refractivity contribution is 0.0931. The first-order valence-electron chi connectivity index (χ1n) is 7.79. The van der Waals surface area contributed by atoms with E-state index in [0.717, 1.165) is 22.6 Å². The molecule has 0 saturated heterocycles. The molecule has 2 unspecified atom stereocenters. The fourth-order valence-corrected chi connectivity index (χ4v) is 3.79. The Morgan fingerprint density at radius 2 is 2.20 bits per heavy atom. The van der Waals surface area contributed by atoms with Crippen molar-refractivity contribution in [2.75, 3.05) is 6.54 Å². The van der Waals surface area contributed by atoms with E-state index >= 15 is 0 Å². The second kappa shape index (κ2) is 5.92. The van der Waals surface area contributed by atoms with Gasteiger partial charge in [0.1, 0.15) is 5.69 Å². The Labute approximate surface area is 129 Å². The fourth-order valence-electron chi connectivity index (χ4n) is 3.36. The summed E-state index contributed by atoms with van der Waals surface area (Å²) >= 11 is 3.48. The average molecular weight is 339 g/mol. The zero-order valence-corrected chi connectivity index (χ0v) is 13.7. The Morgan fingerprint density at radius 1 is 1.40 bits per heavy atom. The van der Waals surface area contributed by atoms with Gasteiger partial charge < -0.3 is 9.88 Å². The highest BCUT2D eigenvalue weighted by atomic mass is 79.9. The molecule has 1 N–H and O–H groups in total. The van der Waals surface area contributed by atoms with Crippen LogP contribution in [-0.2, 0) is 0 Å². The van der Waals surface area contributed by atoms with Gasteiger partial charge >= 0.3 is 0 Å². The molecule has 0 aliphatic heterocycles. The van der Waals surface area contributed by atoms with Crippen molar-refractivity contribution in [1.82, 2.24) is 9.88 Å². The van der Waals surface area contributed by atoms with Gasteiger partial charge in [0.15, 0.2) is 0 Å². The van der Waals surface area contributed by atoms with E-state index in [2.05, 4.69) is 32.7 Å². The summed E-state index contributed by atoms with van der Waals surface area (Å²) in [7, 11) is 0. The minimum Gasteiger partial charge on any atom is -0.350 e. The molecule has 2 aliphatic rings. The minimum absolute atomic E-state index is 0.0841. The summed E-state index contributed by atoms with van der Waals surface area (Å²) in [6.07, 6.45) is 9.61. The third-order valence-electron chi connectivity index (χ3n) is 4.58. The molecule has 3 nitrogen and oxygen atoms in total. The maximum absolute atomic E-state index is 12.4. The molecule has 0 aromatic carbocycles. The standard InChI is InChI=1S/C16H23BrN2O/c1-11-3-2-4-12(7-11)9-18-16(20)15-8-13(17)10-19(15)14-5-6-14/h8,10-12,14H,2-7,9H2,1H3,(H,18,20). The van der Waals surface area contributed by atoms with Gasteiger partial charge in [-0.25, -0.2) is 0 Å². The summed E-state index contributed by atoms with van der Waals surface area (Å²) in [5.41, 5.74) is 0.809. The minimum atomic E-state index is 0.0841. The number of carbonyl (C=O) groups is 1. The Hall–Kier alpha value is -0.770. The van der Waals surface area contributed by atoms with E-state index in [1.165, 1.54) is 38.5 Å². The Morgan fingerprint density at radius 3 is 2.90 bits per heavy atom. The zero-order valence-electron chi connectivity index (χ0n) is 12.1. The van der Waals surface area contributed by atoms with Gasteiger partial charge in [0.25, 0.3) is 5.91 Å². The van der Waals surface area contributed by atoms with Crippen LogP contribution in [0.1, 0.15) is 62.0 Å². The number of carbonyl (C=O) groups excluding carboxylic acids is 1. The maximum atomic E-state index is 12.4. The first kappa shape index (κ1) is 14.2. The number of amides is 1. The molecule has 2 saturated carbocycles. The highest BCUT2D eigenvalue weighted by molar-refractivity contribution is 9.10. The van der Waals surface area contributed by atoms with Crippen LogP contribution in [0.5, 0.6) is 0 Å². The number of hydrogen-bond acceptors (Lipinski definition) is 1. The highest BCUT2D eigenvalue weighted by Gasteiger charge is 2.28. The molecule has 110 valence electrons. The smallest absolute Gasteiger partial charge is 0.267 e. The van der Waals surface area contributed by atoms with Crippen LogP contribution in [0.3, 0.4) is 0 Å². The molecule has 4 heteroatoms. The summed E-state index contributed by atoms with van der Waals surface area (Å²) < 4.78 is 3.13. The maximum Gasteiger partial charge on any atom is 0.267 e. The lowest BCUT2D eigenvalue weighted by Gasteiger charge is -2.26. The zero-order chi connectivity index (χ0) is 14.1.